The number of fused-ring (bicyclic) bond motifs is 6. The second-order valence-corrected chi connectivity index (χ2v) is 12.2. The first-order valence-corrected chi connectivity index (χ1v) is 17.1. The summed E-state index contributed by atoms with van der Waals surface area (Å²) in [5, 5.41) is 4.83. The minimum Gasteiger partial charge on any atom is -0.686 e. The second-order valence-electron chi connectivity index (χ2n) is 12.2. The zero-order chi connectivity index (χ0) is 35.2. The van der Waals surface area contributed by atoms with Gasteiger partial charge in [0.15, 0.2) is 0 Å². The number of aryl methyl sites for hydroxylation is 1. The van der Waals surface area contributed by atoms with Gasteiger partial charge in [0, 0.05) is 5.56 Å². The predicted molar refractivity (Wildman–Crippen MR) is 218 cm³/mol. The van der Waals surface area contributed by atoms with Gasteiger partial charge < -0.3 is 10.3 Å². The summed E-state index contributed by atoms with van der Waals surface area (Å²) in [5.74, 6) is 0. The Kier molecular flexibility index (Phi) is 11.3. The summed E-state index contributed by atoms with van der Waals surface area (Å²) >= 11 is 0. The van der Waals surface area contributed by atoms with Crippen molar-refractivity contribution in [3.63, 3.8) is 0 Å². The molecule has 248 valence electrons. The van der Waals surface area contributed by atoms with Crippen LogP contribution in [0.15, 0.2) is 146 Å². The van der Waals surface area contributed by atoms with E-state index < -0.39 is 0 Å². The van der Waals surface area contributed by atoms with Gasteiger partial charge in [0.2, 0.25) is 0 Å². The molecule has 0 atom stereocenters. The van der Waals surface area contributed by atoms with Crippen LogP contribution in [0.25, 0.3) is 79.6 Å². The van der Waals surface area contributed by atoms with Crippen LogP contribution in [0, 0.1) is 6.92 Å². The number of allylic oxidation sites excluding steroid dienone is 5. The topological polar surface area (TPSA) is 54.0 Å². The Morgan fingerprint density at radius 2 is 1.12 bits per heavy atom. The van der Waals surface area contributed by atoms with Gasteiger partial charge in [-0.1, -0.05) is 146 Å². The van der Waals surface area contributed by atoms with Crippen molar-refractivity contribution in [2.75, 3.05) is 7.05 Å². The molecule has 2 aliphatic rings. The van der Waals surface area contributed by atoms with Crippen molar-refractivity contribution in [3.8, 4) is 33.4 Å². The molecule has 0 aliphatic carbocycles. The smallest absolute Gasteiger partial charge is 0.686 e. The molecule has 0 N–H and O–H groups in total. The van der Waals surface area contributed by atoms with Crippen LogP contribution in [0.5, 0.6) is 0 Å². The number of hydrogen-bond acceptors (Lipinski definition) is 2. The van der Waals surface area contributed by atoms with Crippen molar-refractivity contribution in [3.05, 3.63) is 185 Å². The molecule has 0 saturated carbocycles. The number of rotatable bonds is 7. The van der Waals surface area contributed by atoms with Crippen LogP contribution in [0.1, 0.15) is 40.8 Å². The molecule has 52 heavy (non-hydrogen) atoms. The fourth-order valence-corrected chi connectivity index (χ4v) is 6.68. The Hall–Kier alpha value is -5.90. The van der Waals surface area contributed by atoms with Crippen LogP contribution < -0.4 is 4.98 Å². The van der Waals surface area contributed by atoms with Crippen LogP contribution in [-0.2, 0) is 19.5 Å². The van der Waals surface area contributed by atoms with Gasteiger partial charge in [-0.25, -0.2) is 9.97 Å². The Labute approximate surface area is 319 Å². The zero-order valence-electron chi connectivity index (χ0n) is 29.8. The molecule has 2 aliphatic heterocycles. The monoisotopic (exact) mass is 722 g/mol. The molecule has 0 amide bonds. The molecular formula is C47H38N4Zn. The van der Waals surface area contributed by atoms with Crippen molar-refractivity contribution in [1.82, 2.24) is 15.0 Å². The first-order valence-electron chi connectivity index (χ1n) is 17.1. The maximum atomic E-state index is 5.33. The van der Waals surface area contributed by atoms with E-state index in [0.717, 1.165) is 89.6 Å². The molecule has 6 bridgehead atoms. The third-order valence-corrected chi connectivity index (χ3v) is 8.96. The van der Waals surface area contributed by atoms with Crippen LogP contribution in [0.2, 0.25) is 0 Å². The number of benzene rings is 3. The third kappa shape index (κ3) is 7.28. The molecule has 4 nitrogen and oxygen atoms in total. The van der Waals surface area contributed by atoms with Crippen molar-refractivity contribution in [2.24, 2.45) is 0 Å². The summed E-state index contributed by atoms with van der Waals surface area (Å²) in [5.41, 5.74) is 15.0. The van der Waals surface area contributed by atoms with E-state index in [0.29, 0.717) is 0 Å². The quantitative estimate of drug-likeness (QED) is 0.121. The molecule has 0 fully saturated rings. The van der Waals surface area contributed by atoms with E-state index in [-0.39, 0.29) is 19.5 Å². The number of hydrogen-bond donors (Lipinski definition) is 0. The molecule has 4 heterocycles. The molecule has 5 aromatic rings. The Bertz CT molecular complexity index is 2420. The van der Waals surface area contributed by atoms with Crippen molar-refractivity contribution >= 4 is 46.6 Å². The fraction of sp³-hybridized carbons (Fsp3) is 0.0638. The molecule has 7 rings (SSSR count). The van der Waals surface area contributed by atoms with Crippen LogP contribution in [0.3, 0.4) is 0 Å². The fourth-order valence-electron chi connectivity index (χ4n) is 6.68. The SMILES string of the molecule is C=C/C=C(\C=C/C)c1c2nc(c(-c3ccccc3)c(C)ccc([N-]C)c(-c3ccccc3)c3nc(c(-c4ccccc4)c4ccc1[n-]4)C=C3)C=C2.[Zn+2]. The van der Waals surface area contributed by atoms with E-state index in [9.17, 15) is 0 Å². The maximum absolute atomic E-state index is 5.33. The van der Waals surface area contributed by atoms with Gasteiger partial charge in [0.25, 0.3) is 0 Å². The molecule has 3 aromatic carbocycles. The van der Waals surface area contributed by atoms with Gasteiger partial charge in [-0.2, -0.15) is 0 Å². The summed E-state index contributed by atoms with van der Waals surface area (Å²) in [6.45, 7) is 8.18. The van der Waals surface area contributed by atoms with Crippen LogP contribution in [-0.4, -0.2) is 17.0 Å². The van der Waals surface area contributed by atoms with E-state index in [1.807, 2.05) is 50.4 Å². The van der Waals surface area contributed by atoms with E-state index in [4.69, 9.17) is 20.3 Å². The number of nitrogens with zero attached hydrogens (tertiary/aromatic N) is 4. The zero-order valence-corrected chi connectivity index (χ0v) is 32.8. The summed E-state index contributed by atoms with van der Waals surface area (Å²) in [7, 11) is 1.84. The largest absolute Gasteiger partial charge is 2.00 e. The number of aromatic nitrogens is 3. The predicted octanol–water partition coefficient (Wildman–Crippen LogP) is 12.5. The van der Waals surface area contributed by atoms with Crippen molar-refractivity contribution < 1.29 is 19.5 Å². The average molecular weight is 724 g/mol. The molecular weight excluding hydrogens is 686 g/mol. The van der Waals surface area contributed by atoms with E-state index in [1.54, 1.807) is 0 Å². The van der Waals surface area contributed by atoms with Gasteiger partial charge in [0.05, 0.1) is 22.8 Å². The Morgan fingerprint density at radius 1 is 0.615 bits per heavy atom. The van der Waals surface area contributed by atoms with E-state index in [2.05, 4.69) is 141 Å². The van der Waals surface area contributed by atoms with Gasteiger partial charge in [0.1, 0.15) is 0 Å². The average Bonchev–Trinajstić information content (AvgIpc) is 3.95. The normalized spacial score (nSPS) is 11.9. The minimum atomic E-state index is 0. The Morgan fingerprint density at radius 3 is 1.69 bits per heavy atom. The first kappa shape index (κ1) is 35.9. The summed E-state index contributed by atoms with van der Waals surface area (Å²) in [6.07, 6.45) is 16.3. The van der Waals surface area contributed by atoms with Crippen molar-refractivity contribution in [2.45, 2.75) is 13.8 Å². The molecule has 0 unspecified atom stereocenters. The van der Waals surface area contributed by atoms with Crippen molar-refractivity contribution in [1.29, 1.82) is 0 Å². The summed E-state index contributed by atoms with van der Waals surface area (Å²) in [4.78, 5) is 16.0. The minimum absolute atomic E-state index is 0. The van der Waals surface area contributed by atoms with Gasteiger partial charge in [-0.05, 0) is 82.7 Å². The van der Waals surface area contributed by atoms with Gasteiger partial charge in [-0.3, -0.25) is 0 Å². The molecule has 0 radical (unpaired) electrons. The molecule has 0 saturated heterocycles. The summed E-state index contributed by atoms with van der Waals surface area (Å²) in [6, 6.07) is 39.6. The maximum Gasteiger partial charge on any atom is 2.00 e. The second kappa shape index (κ2) is 16.4. The molecule has 2 aromatic heterocycles. The van der Waals surface area contributed by atoms with Gasteiger partial charge >= 0.3 is 19.5 Å². The van der Waals surface area contributed by atoms with Gasteiger partial charge in [-0.15, -0.1) is 23.8 Å². The van der Waals surface area contributed by atoms with E-state index >= 15 is 0 Å². The van der Waals surface area contributed by atoms with Crippen LogP contribution in [0.4, 0.5) is 5.69 Å². The molecule has 0 spiro atoms. The Balaban J connectivity index is 0.00000464. The standard InChI is InChI=1S/C47H38N4.Zn/c1-5-16-33(17-6-2)46-40-27-26-38(49-40)44(34-18-10-7-11-19-34)32(3)24-25-37(48-4)45(35-20-12-8-13-21-35)39-28-29-42(50-39)47(36-22-14-9-15-23-36)43-31-30-41(46)51-43;/h5-31H,1H2,2-4H3;/q-2;+2/b17-6-,25-24?,32-24?,33-16+,37-25?,44-32?,44-38?,45-37?,45-39?,46-40?,46-41?,47-42?,47-43?;. The van der Waals surface area contributed by atoms with Crippen LogP contribution >= 0.6 is 0 Å². The van der Waals surface area contributed by atoms with E-state index in [1.165, 1.54) is 0 Å². The third-order valence-electron chi connectivity index (χ3n) is 8.96. The first-order chi connectivity index (χ1) is 25.1. The molecule has 5 heteroatoms. The summed E-state index contributed by atoms with van der Waals surface area (Å²) < 4.78 is 0.